The minimum Gasteiger partial charge on any atom is -0.465 e. The smallest absolute Gasteiger partial charge is 0.337 e. The number of benzene rings is 2. The molecule has 9 heteroatoms. The Morgan fingerprint density at radius 3 is 2.49 bits per heavy atom. The first-order valence-corrected chi connectivity index (χ1v) is 14.3. The summed E-state index contributed by atoms with van der Waals surface area (Å²) in [6.07, 6.45) is 6.94. The number of fused-ring (bicyclic) bond motifs is 1. The number of nitrogens with zero attached hydrogens (tertiary/aromatic N) is 3. The molecule has 0 unspecified atom stereocenters. The minimum atomic E-state index is -3.86. The van der Waals surface area contributed by atoms with E-state index in [2.05, 4.69) is 9.88 Å². The van der Waals surface area contributed by atoms with Gasteiger partial charge in [-0.25, -0.2) is 13.2 Å². The highest BCUT2D eigenvalue weighted by Crippen LogP contribution is 2.44. The van der Waals surface area contributed by atoms with Crippen molar-refractivity contribution in [1.82, 2.24) is 9.29 Å². The molecule has 0 spiro atoms. The Morgan fingerprint density at radius 2 is 1.78 bits per heavy atom. The zero-order valence-corrected chi connectivity index (χ0v) is 22.5. The maximum absolute atomic E-state index is 14.1. The van der Waals surface area contributed by atoms with Crippen LogP contribution in [0, 0.1) is 5.92 Å². The molecule has 1 aliphatic carbocycles. The van der Waals surface area contributed by atoms with Gasteiger partial charge in [0.2, 0.25) is 10.0 Å². The number of esters is 1. The Hall–Kier alpha value is -2.94. The molecule has 2 aromatic carbocycles. The maximum Gasteiger partial charge on any atom is 0.337 e. The molecule has 0 N–H and O–H groups in total. The topological polar surface area (TPSA) is 79.8 Å². The fourth-order valence-corrected chi connectivity index (χ4v) is 7.39. The van der Waals surface area contributed by atoms with Gasteiger partial charge in [-0.1, -0.05) is 49.1 Å². The summed E-state index contributed by atoms with van der Waals surface area (Å²) in [5.74, 6) is -0.227. The molecule has 7 nitrogen and oxygen atoms in total. The van der Waals surface area contributed by atoms with Crippen molar-refractivity contribution in [3.05, 3.63) is 71.4 Å². The van der Waals surface area contributed by atoms with Crippen LogP contribution in [0.2, 0.25) is 5.02 Å². The molecule has 37 heavy (non-hydrogen) atoms. The molecule has 3 aromatic rings. The molecule has 5 rings (SSSR count). The average Bonchev–Trinajstić information content (AvgIpc) is 3.01. The van der Waals surface area contributed by atoms with Gasteiger partial charge in [0.1, 0.15) is 4.90 Å². The number of carbonyl (C=O) groups excluding carboxylic acids is 1. The number of hydrogen-bond acceptors (Lipinski definition) is 6. The summed E-state index contributed by atoms with van der Waals surface area (Å²) >= 11 is 6.79. The molecular formula is C28H30ClN3O4S. The van der Waals surface area contributed by atoms with Crippen molar-refractivity contribution >= 4 is 39.0 Å². The predicted octanol–water partition coefficient (Wildman–Crippen LogP) is 5.91. The summed E-state index contributed by atoms with van der Waals surface area (Å²) < 4.78 is 34.7. The second-order valence-corrected chi connectivity index (χ2v) is 12.0. The zero-order valence-electron chi connectivity index (χ0n) is 20.9. The molecule has 1 atom stereocenters. The van der Waals surface area contributed by atoms with E-state index in [9.17, 15) is 13.2 Å². The lowest BCUT2D eigenvalue weighted by molar-refractivity contribution is 0.0600. The van der Waals surface area contributed by atoms with Gasteiger partial charge < -0.3 is 9.64 Å². The highest BCUT2D eigenvalue weighted by molar-refractivity contribution is 7.89. The van der Waals surface area contributed by atoms with Gasteiger partial charge in [0, 0.05) is 37.1 Å². The fraction of sp³-hybridized carbons (Fsp3) is 0.357. The van der Waals surface area contributed by atoms with E-state index in [1.54, 1.807) is 35.6 Å². The number of ether oxygens (including phenoxy) is 1. The van der Waals surface area contributed by atoms with Crippen molar-refractivity contribution in [1.29, 1.82) is 0 Å². The predicted molar refractivity (Wildman–Crippen MR) is 145 cm³/mol. The van der Waals surface area contributed by atoms with Crippen LogP contribution in [0.25, 0.3) is 11.3 Å². The molecule has 0 radical (unpaired) electrons. The van der Waals surface area contributed by atoms with Gasteiger partial charge in [-0.05, 0) is 55.2 Å². The number of likely N-dealkylation sites (N-methyl/N-ethyl adjacent to an activating group) is 1. The van der Waals surface area contributed by atoms with Crippen molar-refractivity contribution in [2.45, 2.75) is 43.0 Å². The molecule has 194 valence electrons. The van der Waals surface area contributed by atoms with E-state index < -0.39 is 16.0 Å². The van der Waals surface area contributed by atoms with Crippen LogP contribution in [0.4, 0.5) is 11.4 Å². The molecule has 0 amide bonds. The summed E-state index contributed by atoms with van der Waals surface area (Å²) in [5.41, 5.74) is 2.58. The van der Waals surface area contributed by atoms with Gasteiger partial charge in [0.25, 0.3) is 0 Å². The monoisotopic (exact) mass is 539 g/mol. The molecule has 2 aliphatic rings. The number of methoxy groups -OCH3 is 1. The number of aromatic nitrogens is 1. The van der Waals surface area contributed by atoms with Gasteiger partial charge in [0.05, 0.1) is 29.1 Å². The summed E-state index contributed by atoms with van der Waals surface area (Å²) in [7, 11) is -0.863. The first-order valence-electron chi connectivity index (χ1n) is 12.5. The van der Waals surface area contributed by atoms with Gasteiger partial charge >= 0.3 is 5.97 Å². The molecule has 1 fully saturated rings. The largest absolute Gasteiger partial charge is 0.465 e. The number of hydrogen-bond donors (Lipinski definition) is 0. The van der Waals surface area contributed by atoms with Crippen LogP contribution in [0.5, 0.6) is 0 Å². The normalized spacial score (nSPS) is 20.2. The van der Waals surface area contributed by atoms with Gasteiger partial charge in [-0.2, -0.15) is 4.31 Å². The number of rotatable bonds is 4. The molecule has 0 bridgehead atoms. The quantitative estimate of drug-likeness (QED) is 0.383. The third kappa shape index (κ3) is 4.85. The standard InChI is InChI=1S/C28H30ClN3O4S/c1-31-26(19-9-5-3-6-10-19)18-32(21-11-7-4-8-12-21)25-17-23(29)22(16-27(25)37(31,34)35)24-15-20(13-14-30-24)28(33)36-2/h4,7-8,11-17,19,26H,3,5-6,9-10,18H2,1-2H3/t26-/m0/s1. The van der Waals surface area contributed by atoms with Crippen LogP contribution < -0.4 is 4.90 Å². The lowest BCUT2D eigenvalue weighted by atomic mass is 9.83. The molecule has 1 saturated carbocycles. The lowest BCUT2D eigenvalue weighted by Gasteiger charge is -2.36. The Balaban J connectivity index is 1.69. The van der Waals surface area contributed by atoms with Crippen molar-refractivity contribution in [2.24, 2.45) is 5.92 Å². The van der Waals surface area contributed by atoms with Crippen molar-refractivity contribution in [3.63, 3.8) is 0 Å². The van der Waals surface area contributed by atoms with Gasteiger partial charge in [-0.3, -0.25) is 4.98 Å². The minimum absolute atomic E-state index is 0.168. The Morgan fingerprint density at radius 1 is 1.05 bits per heavy atom. The number of para-hydroxylation sites is 1. The molecule has 2 heterocycles. The van der Waals surface area contributed by atoms with Crippen LogP contribution in [-0.2, 0) is 14.8 Å². The summed E-state index contributed by atoms with van der Waals surface area (Å²) in [6.45, 7) is 0.531. The molecular weight excluding hydrogens is 510 g/mol. The number of pyridine rings is 1. The molecule has 1 aliphatic heterocycles. The van der Waals surface area contributed by atoms with Gasteiger partial charge in [0.15, 0.2) is 0 Å². The Kier molecular flexibility index (Phi) is 7.25. The van der Waals surface area contributed by atoms with E-state index in [-0.39, 0.29) is 16.9 Å². The summed E-state index contributed by atoms with van der Waals surface area (Å²) in [4.78, 5) is 18.7. The number of sulfonamides is 1. The number of halogens is 1. The number of anilines is 2. The third-order valence-corrected chi connectivity index (χ3v) is 9.78. The van der Waals surface area contributed by atoms with Gasteiger partial charge in [-0.15, -0.1) is 0 Å². The lowest BCUT2D eigenvalue weighted by Crippen LogP contribution is -2.46. The second kappa shape index (κ2) is 10.4. The van der Waals surface area contributed by atoms with Crippen LogP contribution in [0.3, 0.4) is 0 Å². The van der Waals surface area contributed by atoms with E-state index in [0.29, 0.717) is 34.1 Å². The highest BCUT2D eigenvalue weighted by atomic mass is 35.5. The first-order chi connectivity index (χ1) is 17.8. The summed E-state index contributed by atoms with van der Waals surface area (Å²) in [5, 5.41) is 0.350. The Labute approximate surface area is 223 Å². The average molecular weight is 540 g/mol. The SMILES string of the molecule is COC(=O)c1ccnc(-c2cc3c(cc2Cl)N(c2ccccc2)C[C@@H](C2CCCCC2)N(C)S3(=O)=O)c1. The fourth-order valence-electron chi connectivity index (χ4n) is 5.53. The number of carbonyl (C=O) groups is 1. The third-order valence-electron chi connectivity index (χ3n) is 7.55. The van der Waals surface area contributed by atoms with E-state index in [1.807, 2.05) is 30.3 Å². The zero-order chi connectivity index (χ0) is 26.2. The molecule has 1 aromatic heterocycles. The van der Waals surface area contributed by atoms with E-state index >= 15 is 0 Å². The van der Waals surface area contributed by atoms with Crippen molar-refractivity contribution in [3.8, 4) is 11.3 Å². The first kappa shape index (κ1) is 25.7. The van der Waals surface area contributed by atoms with E-state index in [1.165, 1.54) is 19.7 Å². The van der Waals surface area contributed by atoms with Crippen molar-refractivity contribution in [2.75, 3.05) is 25.6 Å². The van der Waals surface area contributed by atoms with E-state index in [0.717, 1.165) is 31.4 Å². The van der Waals surface area contributed by atoms with Crippen LogP contribution in [0.1, 0.15) is 42.5 Å². The van der Waals surface area contributed by atoms with Crippen LogP contribution >= 0.6 is 11.6 Å². The van der Waals surface area contributed by atoms with E-state index in [4.69, 9.17) is 16.3 Å². The second-order valence-electron chi connectivity index (χ2n) is 9.65. The molecule has 0 saturated heterocycles. The van der Waals surface area contributed by atoms with Crippen LogP contribution in [-0.4, -0.2) is 50.4 Å². The highest BCUT2D eigenvalue weighted by Gasteiger charge is 2.41. The Bertz CT molecular complexity index is 1410. The van der Waals surface area contributed by atoms with Crippen molar-refractivity contribution < 1.29 is 17.9 Å². The summed E-state index contributed by atoms with van der Waals surface area (Å²) in [6, 6.07) is 16.0. The maximum atomic E-state index is 14.1. The van der Waals surface area contributed by atoms with Crippen LogP contribution in [0.15, 0.2) is 65.7 Å².